The lowest BCUT2D eigenvalue weighted by Crippen LogP contribution is -2.29. The summed E-state index contributed by atoms with van der Waals surface area (Å²) in [6.07, 6.45) is 7.11. The van der Waals surface area contributed by atoms with Crippen molar-refractivity contribution in [2.24, 2.45) is 0 Å². The molecule has 30 heavy (non-hydrogen) atoms. The van der Waals surface area contributed by atoms with Gasteiger partial charge in [-0.05, 0) is 44.0 Å². The zero-order valence-corrected chi connectivity index (χ0v) is 17.9. The van der Waals surface area contributed by atoms with Gasteiger partial charge in [-0.3, -0.25) is 14.2 Å². The molecule has 0 bridgehead atoms. The number of benzene rings is 1. The van der Waals surface area contributed by atoms with Crippen molar-refractivity contribution in [2.75, 3.05) is 0 Å². The second-order valence-corrected chi connectivity index (χ2v) is 8.51. The molecule has 0 spiro atoms. The molecule has 1 aromatic carbocycles. The van der Waals surface area contributed by atoms with Crippen molar-refractivity contribution in [2.45, 2.75) is 39.8 Å². The number of rotatable bonds is 6. The summed E-state index contributed by atoms with van der Waals surface area (Å²) in [6, 6.07) is 7.83. The number of carbonyl (C=O) groups excluding carboxylic acids is 1. The summed E-state index contributed by atoms with van der Waals surface area (Å²) in [4.78, 5) is 35.5. The van der Waals surface area contributed by atoms with E-state index in [9.17, 15) is 9.59 Å². The number of aromatic nitrogens is 4. The fourth-order valence-corrected chi connectivity index (χ4v) is 4.38. The Hall–Kier alpha value is -3.26. The number of hydrogen-bond acceptors (Lipinski definition) is 5. The van der Waals surface area contributed by atoms with Crippen molar-refractivity contribution in [1.29, 1.82) is 0 Å². The van der Waals surface area contributed by atoms with Crippen LogP contribution in [0.1, 0.15) is 35.4 Å². The van der Waals surface area contributed by atoms with Crippen LogP contribution in [-0.2, 0) is 11.3 Å². The van der Waals surface area contributed by atoms with E-state index in [2.05, 4.69) is 15.3 Å². The minimum Gasteiger partial charge on any atom is -0.350 e. The van der Waals surface area contributed by atoms with E-state index in [0.29, 0.717) is 11.9 Å². The van der Waals surface area contributed by atoms with Gasteiger partial charge in [0.2, 0.25) is 5.91 Å². The van der Waals surface area contributed by atoms with E-state index in [4.69, 9.17) is 0 Å². The Balaban J connectivity index is 1.39. The standard InChI is InChI=1S/C22H23N5O2S/c1-14-16(3)30-21-20(14)22(29)27(13-24-21)10-8-19(28)25-15(2)17-4-6-18(7-5-17)26-11-9-23-12-26/h4-7,9,11-13,15H,8,10H2,1-3H3,(H,25,28). The third-order valence-corrected chi connectivity index (χ3v) is 6.42. The Kier molecular flexibility index (Phi) is 5.50. The SMILES string of the molecule is Cc1sc2ncn(CCC(=O)NC(C)c3ccc(-n4ccnc4)cc3)c(=O)c2c1C. The van der Waals surface area contributed by atoms with E-state index < -0.39 is 0 Å². The predicted octanol–water partition coefficient (Wildman–Crippen LogP) is 3.53. The third kappa shape index (κ3) is 3.91. The fourth-order valence-electron chi connectivity index (χ4n) is 3.40. The number of amides is 1. The Labute approximate surface area is 178 Å². The smallest absolute Gasteiger partial charge is 0.262 e. The minimum absolute atomic E-state index is 0.0854. The van der Waals surface area contributed by atoms with Crippen LogP contribution in [0.25, 0.3) is 15.9 Å². The highest BCUT2D eigenvalue weighted by Gasteiger charge is 2.14. The Bertz CT molecular complexity index is 1240. The number of hydrogen-bond donors (Lipinski definition) is 1. The second-order valence-electron chi connectivity index (χ2n) is 7.31. The summed E-state index contributed by atoms with van der Waals surface area (Å²) < 4.78 is 3.44. The topological polar surface area (TPSA) is 81.8 Å². The van der Waals surface area contributed by atoms with Gasteiger partial charge < -0.3 is 9.88 Å². The third-order valence-electron chi connectivity index (χ3n) is 5.31. The minimum atomic E-state index is -0.131. The lowest BCUT2D eigenvalue weighted by molar-refractivity contribution is -0.121. The zero-order valence-electron chi connectivity index (χ0n) is 17.1. The van der Waals surface area contributed by atoms with Gasteiger partial charge >= 0.3 is 0 Å². The molecule has 0 aliphatic carbocycles. The first-order valence-corrected chi connectivity index (χ1v) is 10.6. The van der Waals surface area contributed by atoms with Crippen molar-refractivity contribution < 1.29 is 4.79 Å². The summed E-state index contributed by atoms with van der Waals surface area (Å²) in [5.41, 5.74) is 2.91. The lowest BCUT2D eigenvalue weighted by atomic mass is 10.1. The van der Waals surface area contributed by atoms with Crippen molar-refractivity contribution in [1.82, 2.24) is 24.4 Å². The largest absolute Gasteiger partial charge is 0.350 e. The van der Waals surface area contributed by atoms with Gasteiger partial charge in [-0.15, -0.1) is 11.3 Å². The fraction of sp³-hybridized carbons (Fsp3) is 0.273. The first-order chi connectivity index (χ1) is 14.4. The maximum absolute atomic E-state index is 12.7. The summed E-state index contributed by atoms with van der Waals surface area (Å²) in [6.45, 7) is 6.17. The van der Waals surface area contributed by atoms with Gasteiger partial charge in [-0.25, -0.2) is 9.97 Å². The van der Waals surface area contributed by atoms with Crippen LogP contribution in [0.2, 0.25) is 0 Å². The van der Waals surface area contributed by atoms with Crippen LogP contribution in [-0.4, -0.2) is 25.0 Å². The molecule has 4 rings (SSSR count). The Morgan fingerprint density at radius 3 is 2.67 bits per heavy atom. The number of imidazole rings is 1. The molecule has 0 fully saturated rings. The van der Waals surface area contributed by atoms with Crippen LogP contribution < -0.4 is 10.9 Å². The van der Waals surface area contributed by atoms with Crippen molar-refractivity contribution >= 4 is 27.5 Å². The summed E-state index contributed by atoms with van der Waals surface area (Å²) in [7, 11) is 0. The lowest BCUT2D eigenvalue weighted by Gasteiger charge is -2.15. The molecule has 3 aromatic heterocycles. The van der Waals surface area contributed by atoms with Gasteiger partial charge in [0.15, 0.2) is 0 Å². The molecular weight excluding hydrogens is 398 g/mol. The number of fused-ring (bicyclic) bond motifs is 1. The van der Waals surface area contributed by atoms with Crippen LogP contribution in [0, 0.1) is 13.8 Å². The van der Waals surface area contributed by atoms with Gasteiger partial charge in [-0.1, -0.05) is 12.1 Å². The van der Waals surface area contributed by atoms with Gasteiger partial charge in [0.25, 0.3) is 5.56 Å². The van der Waals surface area contributed by atoms with Gasteiger partial charge in [-0.2, -0.15) is 0 Å². The zero-order chi connectivity index (χ0) is 21.3. The Morgan fingerprint density at radius 1 is 1.20 bits per heavy atom. The molecule has 1 N–H and O–H groups in total. The van der Waals surface area contributed by atoms with E-state index in [-0.39, 0.29) is 23.9 Å². The summed E-state index contributed by atoms with van der Waals surface area (Å²) in [5.74, 6) is -0.105. The van der Waals surface area contributed by atoms with Crippen LogP contribution in [0.3, 0.4) is 0 Å². The first-order valence-electron chi connectivity index (χ1n) is 9.77. The van der Waals surface area contributed by atoms with Crippen LogP contribution in [0.15, 0.2) is 54.1 Å². The maximum atomic E-state index is 12.7. The molecule has 0 saturated carbocycles. The molecule has 0 saturated heterocycles. The van der Waals surface area contributed by atoms with E-state index in [1.54, 1.807) is 12.5 Å². The van der Waals surface area contributed by atoms with Crippen LogP contribution >= 0.6 is 11.3 Å². The molecule has 7 nitrogen and oxygen atoms in total. The van der Waals surface area contributed by atoms with E-state index in [0.717, 1.165) is 26.5 Å². The average molecular weight is 422 g/mol. The number of nitrogens with one attached hydrogen (secondary N) is 1. The molecule has 1 amide bonds. The van der Waals surface area contributed by atoms with E-state index >= 15 is 0 Å². The number of aryl methyl sites for hydroxylation is 3. The van der Waals surface area contributed by atoms with Gasteiger partial charge in [0, 0.05) is 35.9 Å². The Morgan fingerprint density at radius 2 is 1.97 bits per heavy atom. The van der Waals surface area contributed by atoms with Crippen LogP contribution in [0.5, 0.6) is 0 Å². The molecule has 1 atom stereocenters. The molecule has 4 aromatic rings. The van der Waals surface area contributed by atoms with E-state index in [1.165, 1.54) is 22.2 Å². The van der Waals surface area contributed by atoms with Crippen molar-refractivity contribution in [3.8, 4) is 5.69 Å². The maximum Gasteiger partial charge on any atom is 0.262 e. The number of thiophene rings is 1. The molecule has 0 aliphatic rings. The quantitative estimate of drug-likeness (QED) is 0.516. The predicted molar refractivity (Wildman–Crippen MR) is 118 cm³/mol. The van der Waals surface area contributed by atoms with Gasteiger partial charge in [0.1, 0.15) is 4.83 Å². The molecule has 0 aliphatic heterocycles. The molecule has 0 radical (unpaired) electrons. The molecule has 3 heterocycles. The summed E-state index contributed by atoms with van der Waals surface area (Å²) >= 11 is 1.52. The van der Waals surface area contributed by atoms with Crippen molar-refractivity contribution in [3.63, 3.8) is 0 Å². The molecular formula is C22H23N5O2S. The number of carbonyl (C=O) groups is 1. The first kappa shape index (κ1) is 20.0. The molecule has 8 heteroatoms. The normalized spacial score (nSPS) is 12.2. The summed E-state index contributed by atoms with van der Waals surface area (Å²) in [5, 5.41) is 3.66. The molecule has 154 valence electrons. The monoisotopic (exact) mass is 421 g/mol. The van der Waals surface area contributed by atoms with Crippen LogP contribution in [0.4, 0.5) is 0 Å². The average Bonchev–Trinajstić information content (AvgIpc) is 3.37. The highest BCUT2D eigenvalue weighted by Crippen LogP contribution is 2.25. The molecule has 1 unspecified atom stereocenters. The van der Waals surface area contributed by atoms with E-state index in [1.807, 2.05) is 55.8 Å². The highest BCUT2D eigenvalue weighted by molar-refractivity contribution is 7.18. The van der Waals surface area contributed by atoms with Gasteiger partial charge in [0.05, 0.1) is 24.1 Å². The highest BCUT2D eigenvalue weighted by atomic mass is 32.1. The number of nitrogens with zero attached hydrogens (tertiary/aromatic N) is 4. The van der Waals surface area contributed by atoms with Crippen molar-refractivity contribution in [3.05, 3.63) is 75.7 Å². The second kappa shape index (κ2) is 8.23.